The maximum Gasteiger partial charge on any atom is 0.310 e. The normalized spacial score (nSPS) is 27.7. The molecule has 1 unspecified atom stereocenters. The van der Waals surface area contributed by atoms with Crippen LogP contribution in [0, 0.1) is 11.8 Å². The van der Waals surface area contributed by atoms with Crippen molar-refractivity contribution in [3.63, 3.8) is 0 Å². The Morgan fingerprint density at radius 2 is 1.48 bits per heavy atom. The maximum atomic E-state index is 11.3. The van der Waals surface area contributed by atoms with Gasteiger partial charge in [0, 0.05) is 0 Å². The van der Waals surface area contributed by atoms with Gasteiger partial charge in [-0.2, -0.15) is 0 Å². The van der Waals surface area contributed by atoms with Gasteiger partial charge in [0.05, 0.1) is 5.92 Å². The molecule has 1 aliphatic carbocycles. The SMILES string of the molecule is CC1/C=C(/[C@@H](C)C(=O)O)CCCCCCCCCCCC1. The Labute approximate surface area is 131 Å². The van der Waals surface area contributed by atoms with E-state index in [1.165, 1.54) is 64.2 Å². The number of carboxylic acid groups (broad SMARTS) is 1. The van der Waals surface area contributed by atoms with Gasteiger partial charge in [0.2, 0.25) is 0 Å². The molecule has 0 heterocycles. The van der Waals surface area contributed by atoms with Crippen LogP contribution in [0.5, 0.6) is 0 Å². The predicted molar refractivity (Wildman–Crippen MR) is 89.5 cm³/mol. The first-order valence-electron chi connectivity index (χ1n) is 9.04. The summed E-state index contributed by atoms with van der Waals surface area (Å²) in [6.45, 7) is 4.09. The summed E-state index contributed by atoms with van der Waals surface area (Å²) in [6, 6.07) is 0. The minimum atomic E-state index is -0.675. The van der Waals surface area contributed by atoms with Gasteiger partial charge in [-0.3, -0.25) is 4.79 Å². The summed E-state index contributed by atoms with van der Waals surface area (Å²) in [5, 5.41) is 9.29. The van der Waals surface area contributed by atoms with E-state index in [1.54, 1.807) is 0 Å². The Kier molecular flexibility index (Phi) is 9.45. The lowest BCUT2D eigenvalue weighted by Gasteiger charge is -2.15. The molecule has 1 aliphatic rings. The molecule has 0 spiro atoms. The van der Waals surface area contributed by atoms with Crippen LogP contribution in [0.15, 0.2) is 11.6 Å². The van der Waals surface area contributed by atoms with Crippen molar-refractivity contribution in [1.82, 2.24) is 0 Å². The molecule has 1 N–H and O–H groups in total. The molecule has 0 fully saturated rings. The first-order chi connectivity index (χ1) is 10.1. The summed E-state index contributed by atoms with van der Waals surface area (Å²) in [4.78, 5) is 11.3. The van der Waals surface area contributed by atoms with Crippen LogP contribution >= 0.6 is 0 Å². The minimum Gasteiger partial charge on any atom is -0.481 e. The molecule has 0 aromatic heterocycles. The van der Waals surface area contributed by atoms with E-state index in [2.05, 4.69) is 13.0 Å². The number of rotatable bonds is 2. The summed E-state index contributed by atoms with van der Waals surface area (Å²) in [5.41, 5.74) is 1.16. The largest absolute Gasteiger partial charge is 0.481 e. The van der Waals surface area contributed by atoms with Crippen molar-refractivity contribution in [2.75, 3.05) is 0 Å². The Balaban J connectivity index is 2.60. The van der Waals surface area contributed by atoms with E-state index in [0.29, 0.717) is 5.92 Å². The average molecular weight is 294 g/mol. The molecule has 0 aliphatic heterocycles. The van der Waals surface area contributed by atoms with Crippen LogP contribution in [0.25, 0.3) is 0 Å². The number of carbonyl (C=O) groups is 1. The van der Waals surface area contributed by atoms with Crippen LogP contribution in [-0.4, -0.2) is 11.1 Å². The Morgan fingerprint density at radius 3 is 2.00 bits per heavy atom. The smallest absolute Gasteiger partial charge is 0.310 e. The van der Waals surface area contributed by atoms with Gasteiger partial charge < -0.3 is 5.11 Å². The van der Waals surface area contributed by atoms with E-state index in [9.17, 15) is 9.90 Å². The van der Waals surface area contributed by atoms with Crippen LogP contribution in [0.3, 0.4) is 0 Å². The van der Waals surface area contributed by atoms with Gasteiger partial charge in [-0.05, 0) is 32.1 Å². The van der Waals surface area contributed by atoms with E-state index in [-0.39, 0.29) is 5.92 Å². The molecular weight excluding hydrogens is 260 g/mol. The molecule has 1 rings (SSSR count). The Bertz CT molecular complexity index is 320. The first kappa shape index (κ1) is 18.3. The fourth-order valence-corrected chi connectivity index (χ4v) is 3.26. The third-order valence-electron chi connectivity index (χ3n) is 4.80. The molecule has 0 amide bonds. The molecule has 0 aromatic rings. The van der Waals surface area contributed by atoms with Crippen molar-refractivity contribution in [1.29, 1.82) is 0 Å². The molecule has 0 bridgehead atoms. The highest BCUT2D eigenvalue weighted by Crippen LogP contribution is 2.24. The van der Waals surface area contributed by atoms with Crippen molar-refractivity contribution in [3.8, 4) is 0 Å². The van der Waals surface area contributed by atoms with Gasteiger partial charge in [0.25, 0.3) is 0 Å². The second kappa shape index (κ2) is 10.9. The molecule has 21 heavy (non-hydrogen) atoms. The molecule has 0 aromatic carbocycles. The number of allylic oxidation sites excluding steroid dienone is 1. The topological polar surface area (TPSA) is 37.3 Å². The molecule has 0 saturated carbocycles. The first-order valence-corrected chi connectivity index (χ1v) is 9.04. The monoisotopic (exact) mass is 294 g/mol. The van der Waals surface area contributed by atoms with Gasteiger partial charge in [0.1, 0.15) is 0 Å². The lowest BCUT2D eigenvalue weighted by Crippen LogP contribution is -2.13. The summed E-state index contributed by atoms with van der Waals surface area (Å²) in [5.74, 6) is -0.471. The second-order valence-electron chi connectivity index (χ2n) is 6.85. The zero-order valence-electron chi connectivity index (χ0n) is 14.1. The second-order valence-corrected chi connectivity index (χ2v) is 6.85. The van der Waals surface area contributed by atoms with E-state index in [4.69, 9.17) is 0 Å². The lowest BCUT2D eigenvalue weighted by atomic mass is 9.90. The number of hydrogen-bond acceptors (Lipinski definition) is 1. The van der Waals surface area contributed by atoms with Gasteiger partial charge in [0.15, 0.2) is 0 Å². The average Bonchev–Trinajstić information content (AvgIpc) is 2.46. The van der Waals surface area contributed by atoms with E-state index in [1.807, 2.05) is 6.92 Å². The highest BCUT2D eigenvalue weighted by molar-refractivity contribution is 5.73. The van der Waals surface area contributed by atoms with E-state index >= 15 is 0 Å². The molecule has 0 saturated heterocycles. The van der Waals surface area contributed by atoms with Crippen molar-refractivity contribution in [3.05, 3.63) is 11.6 Å². The van der Waals surface area contributed by atoms with Crippen LogP contribution in [0.4, 0.5) is 0 Å². The minimum absolute atomic E-state index is 0.317. The summed E-state index contributed by atoms with van der Waals surface area (Å²) >= 11 is 0. The zero-order valence-corrected chi connectivity index (χ0v) is 14.1. The summed E-state index contributed by atoms with van der Waals surface area (Å²) < 4.78 is 0. The van der Waals surface area contributed by atoms with Crippen molar-refractivity contribution in [2.45, 2.75) is 90.9 Å². The molecule has 0 radical (unpaired) electrons. The van der Waals surface area contributed by atoms with Crippen LogP contribution in [0.1, 0.15) is 90.9 Å². The predicted octanol–water partition coefficient (Wildman–Crippen LogP) is 5.96. The quantitative estimate of drug-likeness (QED) is 0.637. The van der Waals surface area contributed by atoms with Crippen molar-refractivity contribution >= 4 is 5.97 Å². The summed E-state index contributed by atoms with van der Waals surface area (Å²) in [7, 11) is 0. The van der Waals surface area contributed by atoms with Gasteiger partial charge in [-0.1, -0.05) is 76.4 Å². The van der Waals surface area contributed by atoms with E-state index < -0.39 is 5.97 Å². The Morgan fingerprint density at radius 1 is 1.00 bits per heavy atom. The highest BCUT2D eigenvalue weighted by Gasteiger charge is 2.17. The molecule has 122 valence electrons. The van der Waals surface area contributed by atoms with Gasteiger partial charge in [-0.15, -0.1) is 0 Å². The van der Waals surface area contributed by atoms with Gasteiger partial charge in [-0.25, -0.2) is 0 Å². The lowest BCUT2D eigenvalue weighted by molar-refractivity contribution is -0.139. The van der Waals surface area contributed by atoms with Crippen molar-refractivity contribution < 1.29 is 9.90 Å². The maximum absolute atomic E-state index is 11.3. The third-order valence-corrected chi connectivity index (χ3v) is 4.80. The zero-order chi connectivity index (χ0) is 15.5. The van der Waals surface area contributed by atoms with Crippen molar-refractivity contribution in [2.24, 2.45) is 11.8 Å². The fraction of sp³-hybridized carbons (Fsp3) is 0.842. The van der Waals surface area contributed by atoms with Crippen LogP contribution in [0.2, 0.25) is 0 Å². The summed E-state index contributed by atoms with van der Waals surface area (Å²) in [6.07, 6.45) is 17.7. The molecule has 2 heteroatoms. The number of hydrogen-bond donors (Lipinski definition) is 1. The van der Waals surface area contributed by atoms with Crippen LogP contribution < -0.4 is 0 Å². The Hall–Kier alpha value is -0.790. The number of aliphatic carboxylic acids is 1. The molecule has 2 atom stereocenters. The number of carboxylic acids is 1. The standard InChI is InChI=1S/C19H34O2/c1-16-13-11-9-7-5-3-4-6-8-10-12-14-18(15-16)17(2)19(20)21/h15-17H,3-14H2,1-2H3,(H,20,21)/b18-15+/t16?,17-/m1/s1. The van der Waals surface area contributed by atoms with Crippen LogP contribution in [-0.2, 0) is 4.79 Å². The third kappa shape index (κ3) is 8.28. The highest BCUT2D eigenvalue weighted by atomic mass is 16.4. The molecular formula is C19H34O2. The fourth-order valence-electron chi connectivity index (χ4n) is 3.26. The van der Waals surface area contributed by atoms with Gasteiger partial charge >= 0.3 is 5.97 Å². The molecule has 2 nitrogen and oxygen atoms in total. The van der Waals surface area contributed by atoms with E-state index in [0.717, 1.165) is 18.4 Å².